The Bertz CT molecular complexity index is 323. The second-order valence-corrected chi connectivity index (χ2v) is 7.67. The summed E-state index contributed by atoms with van der Waals surface area (Å²) in [6.45, 7) is 5.93. The first-order valence-electron chi connectivity index (χ1n) is 6.55. The van der Waals surface area contributed by atoms with Crippen molar-refractivity contribution in [2.75, 3.05) is 13.2 Å². The highest BCUT2D eigenvalue weighted by Crippen LogP contribution is 2.32. The molecule has 1 saturated carbocycles. The van der Waals surface area contributed by atoms with Gasteiger partial charge in [-0.2, -0.15) is 4.31 Å². The van der Waals surface area contributed by atoms with E-state index in [2.05, 4.69) is 0 Å². The van der Waals surface area contributed by atoms with Gasteiger partial charge in [0.2, 0.25) is 10.0 Å². The third kappa shape index (κ3) is 3.93. The molecule has 0 aromatic carbocycles. The molecule has 0 amide bonds. The van der Waals surface area contributed by atoms with Gasteiger partial charge in [0.25, 0.3) is 0 Å². The fraction of sp³-hybridized carbons (Fsp3) is 1.00. The zero-order chi connectivity index (χ0) is 13.1. The number of rotatable bonds is 8. The van der Waals surface area contributed by atoms with Gasteiger partial charge in [0, 0.05) is 12.6 Å². The lowest BCUT2D eigenvalue weighted by Crippen LogP contribution is -2.46. The Morgan fingerprint density at radius 1 is 1.35 bits per heavy atom. The lowest BCUT2D eigenvalue weighted by atomic mass is 10.2. The minimum atomic E-state index is -3.25. The number of sulfonamides is 1. The molecule has 1 aliphatic carbocycles. The summed E-state index contributed by atoms with van der Waals surface area (Å²) >= 11 is 0. The van der Waals surface area contributed by atoms with Crippen LogP contribution in [0.1, 0.15) is 46.5 Å². The molecular formula is C12H25NO3S. The first kappa shape index (κ1) is 14.9. The van der Waals surface area contributed by atoms with Crippen LogP contribution < -0.4 is 0 Å². The molecule has 0 radical (unpaired) electrons. The highest BCUT2D eigenvalue weighted by Gasteiger charge is 2.36. The molecule has 0 aliphatic heterocycles. The van der Waals surface area contributed by atoms with Crippen LogP contribution in [-0.4, -0.2) is 42.3 Å². The SMILES string of the molecule is CCC[C@H](CO)N(CC1CC1)S(=O)(=O)C(C)C. The lowest BCUT2D eigenvalue weighted by Gasteiger charge is -2.31. The molecule has 0 aromatic heterocycles. The van der Waals surface area contributed by atoms with Crippen molar-refractivity contribution in [1.29, 1.82) is 0 Å². The monoisotopic (exact) mass is 263 g/mol. The maximum Gasteiger partial charge on any atom is 0.216 e. The van der Waals surface area contributed by atoms with Crippen LogP contribution >= 0.6 is 0 Å². The van der Waals surface area contributed by atoms with Crippen LogP contribution in [0.2, 0.25) is 0 Å². The van der Waals surface area contributed by atoms with E-state index in [1.165, 1.54) is 0 Å². The molecule has 0 bridgehead atoms. The number of aliphatic hydroxyl groups excluding tert-OH is 1. The van der Waals surface area contributed by atoms with Gasteiger partial charge in [-0.1, -0.05) is 13.3 Å². The number of hydrogen-bond acceptors (Lipinski definition) is 3. The first-order chi connectivity index (χ1) is 7.93. The highest BCUT2D eigenvalue weighted by atomic mass is 32.2. The topological polar surface area (TPSA) is 57.6 Å². The van der Waals surface area contributed by atoms with Crippen molar-refractivity contribution < 1.29 is 13.5 Å². The predicted octanol–water partition coefficient (Wildman–Crippen LogP) is 1.60. The molecule has 17 heavy (non-hydrogen) atoms. The molecule has 0 aromatic rings. The number of nitrogens with zero attached hydrogens (tertiary/aromatic N) is 1. The summed E-state index contributed by atoms with van der Waals surface area (Å²) in [4.78, 5) is 0. The fourth-order valence-corrected chi connectivity index (χ4v) is 3.49. The van der Waals surface area contributed by atoms with Gasteiger partial charge in [-0.05, 0) is 39.0 Å². The molecule has 1 N–H and O–H groups in total. The van der Waals surface area contributed by atoms with Crippen LogP contribution in [-0.2, 0) is 10.0 Å². The second kappa shape index (κ2) is 6.16. The first-order valence-corrected chi connectivity index (χ1v) is 8.05. The third-order valence-corrected chi connectivity index (χ3v) is 5.59. The van der Waals surface area contributed by atoms with Gasteiger partial charge in [-0.25, -0.2) is 8.42 Å². The van der Waals surface area contributed by atoms with Gasteiger partial charge in [-0.3, -0.25) is 0 Å². The third-order valence-electron chi connectivity index (χ3n) is 3.30. The van der Waals surface area contributed by atoms with Gasteiger partial charge in [0.15, 0.2) is 0 Å². The lowest BCUT2D eigenvalue weighted by molar-refractivity contribution is 0.174. The summed E-state index contributed by atoms with van der Waals surface area (Å²) < 4.78 is 26.1. The molecule has 4 nitrogen and oxygen atoms in total. The van der Waals surface area contributed by atoms with E-state index in [0.717, 1.165) is 25.7 Å². The Hall–Kier alpha value is -0.130. The summed E-state index contributed by atoms with van der Waals surface area (Å²) in [5, 5.41) is 8.99. The largest absolute Gasteiger partial charge is 0.395 e. The van der Waals surface area contributed by atoms with Gasteiger partial charge >= 0.3 is 0 Å². The standard InChI is InChI=1S/C12H25NO3S/c1-4-5-12(9-14)13(8-11-6-7-11)17(15,16)10(2)3/h10-12,14H,4-9H2,1-3H3/t12-/m1/s1. The fourth-order valence-electron chi connectivity index (χ4n) is 1.95. The van der Waals surface area contributed by atoms with Crippen LogP contribution in [0.15, 0.2) is 0 Å². The minimum absolute atomic E-state index is 0.0769. The molecule has 102 valence electrons. The van der Waals surface area contributed by atoms with E-state index in [1.807, 2.05) is 6.92 Å². The molecule has 0 spiro atoms. The van der Waals surface area contributed by atoms with Crippen molar-refractivity contribution in [3.05, 3.63) is 0 Å². The smallest absolute Gasteiger partial charge is 0.216 e. The van der Waals surface area contributed by atoms with Gasteiger partial charge in [0.05, 0.1) is 11.9 Å². The van der Waals surface area contributed by atoms with Crippen molar-refractivity contribution in [1.82, 2.24) is 4.31 Å². The van der Waals surface area contributed by atoms with E-state index in [9.17, 15) is 13.5 Å². The van der Waals surface area contributed by atoms with Crippen LogP contribution in [0.4, 0.5) is 0 Å². The Morgan fingerprint density at radius 2 is 1.94 bits per heavy atom. The van der Waals surface area contributed by atoms with Gasteiger partial charge in [-0.15, -0.1) is 0 Å². The van der Waals surface area contributed by atoms with Crippen LogP contribution in [0.5, 0.6) is 0 Å². The minimum Gasteiger partial charge on any atom is -0.395 e. The summed E-state index contributed by atoms with van der Waals surface area (Å²) in [7, 11) is -3.25. The Kier molecular flexibility index (Phi) is 5.41. The van der Waals surface area contributed by atoms with E-state index < -0.39 is 15.3 Å². The normalized spacial score (nSPS) is 18.9. The summed E-state index contributed by atoms with van der Waals surface area (Å²) in [6, 6.07) is -0.243. The van der Waals surface area contributed by atoms with E-state index >= 15 is 0 Å². The van der Waals surface area contributed by atoms with Crippen LogP contribution in [0.25, 0.3) is 0 Å². The Morgan fingerprint density at radius 3 is 2.29 bits per heavy atom. The molecule has 0 heterocycles. The molecular weight excluding hydrogens is 238 g/mol. The van der Waals surface area contributed by atoms with Crippen molar-refractivity contribution in [3.63, 3.8) is 0 Å². The molecule has 5 heteroatoms. The maximum absolute atomic E-state index is 12.3. The van der Waals surface area contributed by atoms with Crippen LogP contribution in [0, 0.1) is 5.92 Å². The Labute approximate surface area is 105 Å². The second-order valence-electron chi connectivity index (χ2n) is 5.23. The van der Waals surface area contributed by atoms with E-state index in [-0.39, 0.29) is 12.6 Å². The average Bonchev–Trinajstić information content (AvgIpc) is 3.06. The van der Waals surface area contributed by atoms with Crippen molar-refractivity contribution in [2.24, 2.45) is 5.92 Å². The summed E-state index contributed by atoms with van der Waals surface area (Å²) in [5.41, 5.74) is 0. The highest BCUT2D eigenvalue weighted by molar-refractivity contribution is 7.89. The predicted molar refractivity (Wildman–Crippen MR) is 69.3 cm³/mol. The van der Waals surface area contributed by atoms with Crippen molar-refractivity contribution in [3.8, 4) is 0 Å². The summed E-state index contributed by atoms with van der Waals surface area (Å²) in [6.07, 6.45) is 3.86. The van der Waals surface area contributed by atoms with Crippen molar-refractivity contribution >= 4 is 10.0 Å². The molecule has 1 atom stereocenters. The van der Waals surface area contributed by atoms with E-state index in [0.29, 0.717) is 12.5 Å². The molecule has 1 rings (SSSR count). The van der Waals surface area contributed by atoms with Crippen molar-refractivity contribution in [2.45, 2.75) is 57.7 Å². The number of aliphatic hydroxyl groups is 1. The molecule has 0 saturated heterocycles. The van der Waals surface area contributed by atoms with E-state index in [1.54, 1.807) is 18.2 Å². The molecule has 0 unspecified atom stereocenters. The van der Waals surface area contributed by atoms with Crippen LogP contribution in [0.3, 0.4) is 0 Å². The quantitative estimate of drug-likeness (QED) is 0.723. The number of hydrogen-bond donors (Lipinski definition) is 1. The summed E-state index contributed by atoms with van der Waals surface area (Å²) in [5.74, 6) is 0.509. The van der Waals surface area contributed by atoms with E-state index in [4.69, 9.17) is 0 Å². The Balaban J connectivity index is 2.84. The zero-order valence-corrected chi connectivity index (χ0v) is 11.9. The molecule has 1 aliphatic rings. The van der Waals surface area contributed by atoms with Gasteiger partial charge in [0.1, 0.15) is 0 Å². The average molecular weight is 263 g/mol. The molecule has 1 fully saturated rings. The zero-order valence-electron chi connectivity index (χ0n) is 11.1. The maximum atomic E-state index is 12.3. The van der Waals surface area contributed by atoms with Gasteiger partial charge < -0.3 is 5.11 Å².